The Kier molecular flexibility index (Phi) is 2.94. The molecule has 0 radical (unpaired) electrons. The van der Waals surface area contributed by atoms with Crippen molar-refractivity contribution in [3.05, 3.63) is 18.4 Å². The topological polar surface area (TPSA) is 47.3 Å². The summed E-state index contributed by atoms with van der Waals surface area (Å²) in [4.78, 5) is 3.99. The highest BCUT2D eigenvalue weighted by Gasteiger charge is 2.13. The number of hydrogen-bond donors (Lipinski definition) is 1. The SMILES string of the molecule is c1nc(CO[C@@H]2CCCNC2)co1. The highest BCUT2D eigenvalue weighted by Crippen LogP contribution is 2.08. The van der Waals surface area contributed by atoms with Crippen LogP contribution in [0.5, 0.6) is 0 Å². The molecule has 72 valence electrons. The molecule has 0 aliphatic carbocycles. The van der Waals surface area contributed by atoms with Gasteiger partial charge in [-0.25, -0.2) is 4.98 Å². The number of piperidine rings is 1. The molecule has 13 heavy (non-hydrogen) atoms. The van der Waals surface area contributed by atoms with Crippen LogP contribution >= 0.6 is 0 Å². The van der Waals surface area contributed by atoms with Crippen LogP contribution in [0.2, 0.25) is 0 Å². The molecule has 2 rings (SSSR count). The average molecular weight is 182 g/mol. The van der Waals surface area contributed by atoms with E-state index < -0.39 is 0 Å². The monoisotopic (exact) mass is 182 g/mol. The van der Waals surface area contributed by atoms with Gasteiger partial charge >= 0.3 is 0 Å². The van der Waals surface area contributed by atoms with Gasteiger partial charge in [0.05, 0.1) is 12.7 Å². The first kappa shape index (κ1) is 8.72. The quantitative estimate of drug-likeness (QED) is 0.755. The molecule has 0 spiro atoms. The van der Waals surface area contributed by atoms with Crippen LogP contribution in [0.3, 0.4) is 0 Å². The van der Waals surface area contributed by atoms with Crippen molar-refractivity contribution in [2.45, 2.75) is 25.6 Å². The summed E-state index contributed by atoms with van der Waals surface area (Å²) in [6.45, 7) is 2.63. The van der Waals surface area contributed by atoms with E-state index in [0.717, 1.165) is 25.2 Å². The smallest absolute Gasteiger partial charge is 0.180 e. The van der Waals surface area contributed by atoms with Gasteiger partial charge in [0.25, 0.3) is 0 Å². The lowest BCUT2D eigenvalue weighted by molar-refractivity contribution is 0.0236. The highest BCUT2D eigenvalue weighted by atomic mass is 16.5. The number of hydrogen-bond acceptors (Lipinski definition) is 4. The molecule has 4 heteroatoms. The lowest BCUT2D eigenvalue weighted by Crippen LogP contribution is -2.35. The Labute approximate surface area is 77.3 Å². The van der Waals surface area contributed by atoms with Gasteiger partial charge in [-0.15, -0.1) is 0 Å². The Morgan fingerprint density at radius 2 is 2.69 bits per heavy atom. The summed E-state index contributed by atoms with van der Waals surface area (Å²) < 4.78 is 10.5. The van der Waals surface area contributed by atoms with Crippen molar-refractivity contribution in [1.29, 1.82) is 0 Å². The molecule has 0 aromatic carbocycles. The number of ether oxygens (including phenoxy) is 1. The number of aromatic nitrogens is 1. The maximum Gasteiger partial charge on any atom is 0.180 e. The lowest BCUT2D eigenvalue weighted by Gasteiger charge is -2.22. The van der Waals surface area contributed by atoms with Crippen LogP contribution in [0.4, 0.5) is 0 Å². The molecule has 0 unspecified atom stereocenters. The Balaban J connectivity index is 1.72. The van der Waals surface area contributed by atoms with E-state index in [1.54, 1.807) is 6.26 Å². The summed E-state index contributed by atoms with van der Waals surface area (Å²) in [5.41, 5.74) is 0.866. The predicted octanol–water partition coefficient (Wildman–Crippen LogP) is 0.943. The van der Waals surface area contributed by atoms with E-state index in [1.807, 2.05) is 0 Å². The second kappa shape index (κ2) is 4.39. The van der Waals surface area contributed by atoms with E-state index in [2.05, 4.69) is 10.3 Å². The summed E-state index contributed by atoms with van der Waals surface area (Å²) in [6.07, 6.45) is 5.73. The number of nitrogens with zero attached hydrogens (tertiary/aromatic N) is 1. The first-order valence-electron chi connectivity index (χ1n) is 4.64. The van der Waals surface area contributed by atoms with Gasteiger partial charge in [0.1, 0.15) is 12.0 Å². The molecular formula is C9H14N2O2. The lowest BCUT2D eigenvalue weighted by atomic mass is 10.1. The largest absolute Gasteiger partial charge is 0.451 e. The zero-order valence-electron chi connectivity index (χ0n) is 7.53. The molecule has 1 saturated heterocycles. The van der Waals surface area contributed by atoms with Crippen molar-refractivity contribution in [3.63, 3.8) is 0 Å². The van der Waals surface area contributed by atoms with Crippen molar-refractivity contribution in [2.75, 3.05) is 13.1 Å². The van der Waals surface area contributed by atoms with Gasteiger partial charge in [-0.2, -0.15) is 0 Å². The van der Waals surface area contributed by atoms with Crippen molar-refractivity contribution in [1.82, 2.24) is 10.3 Å². The third kappa shape index (κ3) is 2.54. The molecule has 0 amide bonds. The summed E-state index contributed by atoms with van der Waals surface area (Å²) in [6, 6.07) is 0. The molecule has 0 saturated carbocycles. The maximum atomic E-state index is 5.64. The third-order valence-electron chi connectivity index (χ3n) is 2.20. The van der Waals surface area contributed by atoms with Gasteiger partial charge in [-0.05, 0) is 19.4 Å². The first-order valence-corrected chi connectivity index (χ1v) is 4.64. The van der Waals surface area contributed by atoms with Gasteiger partial charge in [0, 0.05) is 6.54 Å². The minimum Gasteiger partial charge on any atom is -0.451 e. The summed E-state index contributed by atoms with van der Waals surface area (Å²) >= 11 is 0. The fourth-order valence-corrected chi connectivity index (χ4v) is 1.47. The van der Waals surface area contributed by atoms with Gasteiger partial charge in [-0.1, -0.05) is 0 Å². The number of oxazole rings is 1. The van der Waals surface area contributed by atoms with E-state index in [9.17, 15) is 0 Å². The molecule has 1 N–H and O–H groups in total. The Morgan fingerprint density at radius 3 is 3.38 bits per heavy atom. The molecule has 1 aliphatic heterocycles. The fourth-order valence-electron chi connectivity index (χ4n) is 1.47. The van der Waals surface area contributed by atoms with Crippen LogP contribution in [-0.4, -0.2) is 24.2 Å². The second-order valence-corrected chi connectivity index (χ2v) is 3.26. The van der Waals surface area contributed by atoms with Gasteiger partial charge in [0.15, 0.2) is 6.39 Å². The van der Waals surface area contributed by atoms with Crippen LogP contribution in [0, 0.1) is 0 Å². The first-order chi connectivity index (χ1) is 6.45. The molecular weight excluding hydrogens is 168 g/mol. The number of nitrogens with one attached hydrogen (secondary N) is 1. The molecule has 2 heterocycles. The molecule has 1 atom stereocenters. The zero-order valence-corrected chi connectivity index (χ0v) is 7.53. The minimum atomic E-state index is 0.338. The average Bonchev–Trinajstić information content (AvgIpc) is 2.69. The van der Waals surface area contributed by atoms with E-state index in [0.29, 0.717) is 12.7 Å². The van der Waals surface area contributed by atoms with Crippen molar-refractivity contribution in [2.24, 2.45) is 0 Å². The molecule has 1 aromatic rings. The van der Waals surface area contributed by atoms with E-state index in [-0.39, 0.29) is 0 Å². The van der Waals surface area contributed by atoms with Crippen LogP contribution in [0.25, 0.3) is 0 Å². The molecule has 0 bridgehead atoms. The minimum absolute atomic E-state index is 0.338. The Hall–Kier alpha value is -0.870. The Morgan fingerprint density at radius 1 is 1.69 bits per heavy atom. The summed E-state index contributed by atoms with van der Waals surface area (Å²) in [5, 5.41) is 3.30. The summed E-state index contributed by atoms with van der Waals surface area (Å²) in [5.74, 6) is 0. The summed E-state index contributed by atoms with van der Waals surface area (Å²) in [7, 11) is 0. The zero-order chi connectivity index (χ0) is 8.93. The highest BCUT2D eigenvalue weighted by molar-refractivity contribution is 4.88. The van der Waals surface area contributed by atoms with E-state index >= 15 is 0 Å². The van der Waals surface area contributed by atoms with Gasteiger partial charge in [-0.3, -0.25) is 0 Å². The normalized spacial score (nSPS) is 23.2. The molecule has 1 fully saturated rings. The second-order valence-electron chi connectivity index (χ2n) is 3.26. The standard InChI is InChI=1S/C9H14N2O2/c1-2-9(4-10-3-1)13-6-8-5-12-7-11-8/h5,7,9-10H,1-4,6H2/t9-/m1/s1. The van der Waals surface area contributed by atoms with E-state index in [4.69, 9.17) is 9.15 Å². The molecule has 4 nitrogen and oxygen atoms in total. The fraction of sp³-hybridized carbons (Fsp3) is 0.667. The van der Waals surface area contributed by atoms with Crippen LogP contribution in [0.1, 0.15) is 18.5 Å². The van der Waals surface area contributed by atoms with Crippen LogP contribution < -0.4 is 5.32 Å². The van der Waals surface area contributed by atoms with E-state index in [1.165, 1.54) is 12.8 Å². The van der Waals surface area contributed by atoms with Crippen molar-refractivity contribution >= 4 is 0 Å². The van der Waals surface area contributed by atoms with Crippen molar-refractivity contribution < 1.29 is 9.15 Å². The van der Waals surface area contributed by atoms with Gasteiger partial charge < -0.3 is 14.5 Å². The predicted molar refractivity (Wildman–Crippen MR) is 47.2 cm³/mol. The van der Waals surface area contributed by atoms with Gasteiger partial charge in [0.2, 0.25) is 0 Å². The number of rotatable bonds is 3. The van der Waals surface area contributed by atoms with Crippen LogP contribution in [0.15, 0.2) is 17.1 Å². The third-order valence-corrected chi connectivity index (χ3v) is 2.20. The van der Waals surface area contributed by atoms with Crippen molar-refractivity contribution in [3.8, 4) is 0 Å². The Bertz CT molecular complexity index is 230. The van der Waals surface area contributed by atoms with Crippen LogP contribution in [-0.2, 0) is 11.3 Å². The molecule has 1 aliphatic rings. The maximum absolute atomic E-state index is 5.64. The molecule has 1 aromatic heterocycles.